The van der Waals surface area contributed by atoms with Crippen LogP contribution in [-0.4, -0.2) is 25.7 Å². The monoisotopic (exact) mass is 179 g/mol. The van der Waals surface area contributed by atoms with E-state index < -0.39 is 6.09 Å². The predicted octanol–water partition coefficient (Wildman–Crippen LogP) is 0.251. The lowest BCUT2D eigenvalue weighted by molar-refractivity contribution is 0.197. The molecular weight excluding hydrogens is 174 g/mol. The number of aromatic nitrogens is 3. The van der Waals surface area contributed by atoms with Crippen LogP contribution in [0, 0.1) is 0 Å². The summed E-state index contributed by atoms with van der Waals surface area (Å²) in [5.41, 5.74) is -0.193. The van der Waals surface area contributed by atoms with Gasteiger partial charge in [0.05, 0.1) is 11.7 Å². The molecule has 6 nitrogen and oxygen atoms in total. The van der Waals surface area contributed by atoms with Gasteiger partial charge in [-0.25, -0.2) is 14.3 Å². The van der Waals surface area contributed by atoms with Gasteiger partial charge >= 0.3 is 6.09 Å². The van der Waals surface area contributed by atoms with E-state index in [-0.39, 0.29) is 16.6 Å². The molecule has 0 unspecified atom stereocenters. The van der Waals surface area contributed by atoms with Gasteiger partial charge in [-0.05, 0) is 6.07 Å². The van der Waals surface area contributed by atoms with Gasteiger partial charge in [0, 0.05) is 6.20 Å². The minimum absolute atomic E-state index is 0.149. The molecule has 6 heteroatoms. The minimum atomic E-state index is -1.16. The average molecular weight is 179 g/mol. The van der Waals surface area contributed by atoms with Gasteiger partial charge in [-0.2, -0.15) is 0 Å². The zero-order valence-corrected chi connectivity index (χ0v) is 6.39. The number of carbonyl (C=O) groups is 1. The summed E-state index contributed by atoms with van der Waals surface area (Å²) >= 11 is 0. The number of carboxylic acid groups (broad SMARTS) is 1. The molecule has 0 radical (unpaired) electrons. The number of H-pyrrole nitrogens is 1. The number of hydrogen-bond acceptors (Lipinski definition) is 3. The van der Waals surface area contributed by atoms with Crippen molar-refractivity contribution in [2.75, 3.05) is 0 Å². The highest BCUT2D eigenvalue weighted by atomic mass is 16.4. The molecule has 0 aliphatic rings. The fourth-order valence-electron chi connectivity index (χ4n) is 1.12. The Hall–Kier alpha value is -2.11. The number of nitrogens with zero attached hydrogens (tertiary/aromatic N) is 2. The van der Waals surface area contributed by atoms with E-state index in [4.69, 9.17) is 5.11 Å². The van der Waals surface area contributed by atoms with E-state index in [0.29, 0.717) is 0 Å². The number of nitrogens with one attached hydrogen (secondary N) is 1. The summed E-state index contributed by atoms with van der Waals surface area (Å²) in [6.07, 6.45) is 1.30. The molecule has 2 aromatic heterocycles. The molecule has 0 saturated heterocycles. The van der Waals surface area contributed by atoms with Crippen LogP contribution in [0.15, 0.2) is 23.4 Å². The van der Waals surface area contributed by atoms with Crippen molar-refractivity contribution in [1.29, 1.82) is 0 Å². The van der Waals surface area contributed by atoms with E-state index in [2.05, 4.69) is 9.97 Å². The van der Waals surface area contributed by atoms with Crippen LogP contribution in [0.1, 0.15) is 0 Å². The van der Waals surface area contributed by atoms with Crippen molar-refractivity contribution >= 4 is 17.1 Å². The molecule has 0 saturated carbocycles. The van der Waals surface area contributed by atoms with Crippen LogP contribution in [0.25, 0.3) is 11.0 Å². The summed E-state index contributed by atoms with van der Waals surface area (Å²) in [7, 11) is 0. The Labute approximate surface area is 71.5 Å². The topological polar surface area (TPSA) is 88.0 Å². The first-order chi connectivity index (χ1) is 6.20. The van der Waals surface area contributed by atoms with E-state index in [0.717, 1.165) is 4.57 Å². The Balaban J connectivity index is 2.91. The molecule has 2 N–H and O–H groups in total. The first-order valence-electron chi connectivity index (χ1n) is 3.48. The maximum Gasteiger partial charge on any atom is 0.417 e. The number of rotatable bonds is 0. The van der Waals surface area contributed by atoms with Crippen LogP contribution >= 0.6 is 0 Å². The van der Waals surface area contributed by atoms with Crippen molar-refractivity contribution in [3.63, 3.8) is 0 Å². The molecule has 0 aromatic carbocycles. The fourth-order valence-corrected chi connectivity index (χ4v) is 1.12. The van der Waals surface area contributed by atoms with Gasteiger partial charge in [-0.3, -0.25) is 4.79 Å². The molecule has 13 heavy (non-hydrogen) atoms. The normalized spacial score (nSPS) is 10.5. The van der Waals surface area contributed by atoms with Gasteiger partial charge < -0.3 is 10.1 Å². The largest absolute Gasteiger partial charge is 0.464 e. The molecule has 0 spiro atoms. The lowest BCUT2D eigenvalue weighted by Gasteiger charge is -1.94. The van der Waals surface area contributed by atoms with Crippen LogP contribution in [0.2, 0.25) is 0 Å². The third-order valence-electron chi connectivity index (χ3n) is 1.69. The Morgan fingerprint density at radius 1 is 1.62 bits per heavy atom. The van der Waals surface area contributed by atoms with E-state index in [1.165, 1.54) is 18.6 Å². The highest BCUT2D eigenvalue weighted by Gasteiger charge is 2.09. The van der Waals surface area contributed by atoms with Gasteiger partial charge in [-0.15, -0.1) is 0 Å². The second-order valence-electron chi connectivity index (χ2n) is 2.44. The van der Waals surface area contributed by atoms with Gasteiger partial charge in [0.25, 0.3) is 5.56 Å². The highest BCUT2D eigenvalue weighted by Crippen LogP contribution is 2.06. The first-order valence-corrected chi connectivity index (χ1v) is 3.48. The zero-order valence-electron chi connectivity index (χ0n) is 6.39. The van der Waals surface area contributed by atoms with E-state index in [9.17, 15) is 9.59 Å². The van der Waals surface area contributed by atoms with Crippen LogP contribution in [-0.2, 0) is 0 Å². The molecule has 0 aliphatic heterocycles. The highest BCUT2D eigenvalue weighted by molar-refractivity contribution is 5.85. The second kappa shape index (κ2) is 2.44. The summed E-state index contributed by atoms with van der Waals surface area (Å²) < 4.78 is 0.893. The van der Waals surface area contributed by atoms with Crippen molar-refractivity contribution in [3.8, 4) is 0 Å². The molecule has 0 bridgehead atoms. The SMILES string of the molecule is O=C(O)n1ccc2c(=O)[nH]cnc21. The van der Waals surface area contributed by atoms with E-state index >= 15 is 0 Å². The summed E-state index contributed by atoms with van der Waals surface area (Å²) in [4.78, 5) is 27.8. The van der Waals surface area contributed by atoms with Crippen molar-refractivity contribution in [3.05, 3.63) is 28.9 Å². The van der Waals surface area contributed by atoms with E-state index in [1.807, 2.05) is 0 Å². The first kappa shape index (κ1) is 7.53. The van der Waals surface area contributed by atoms with Crippen molar-refractivity contribution in [2.24, 2.45) is 0 Å². The Morgan fingerprint density at radius 2 is 2.38 bits per heavy atom. The Morgan fingerprint density at radius 3 is 3.08 bits per heavy atom. The summed E-state index contributed by atoms with van der Waals surface area (Å²) in [5.74, 6) is 0. The Bertz CT molecular complexity index is 525. The number of hydrogen-bond donors (Lipinski definition) is 2. The fraction of sp³-hybridized carbons (Fsp3) is 0. The van der Waals surface area contributed by atoms with Crippen molar-refractivity contribution in [2.45, 2.75) is 0 Å². The second-order valence-corrected chi connectivity index (χ2v) is 2.44. The minimum Gasteiger partial charge on any atom is -0.464 e. The van der Waals surface area contributed by atoms with Gasteiger partial charge in [0.1, 0.15) is 0 Å². The average Bonchev–Trinajstić information content (AvgIpc) is 2.48. The lowest BCUT2D eigenvalue weighted by Crippen LogP contribution is -2.10. The van der Waals surface area contributed by atoms with Crippen LogP contribution in [0.5, 0.6) is 0 Å². The van der Waals surface area contributed by atoms with Gasteiger partial charge in [-0.1, -0.05) is 0 Å². The van der Waals surface area contributed by atoms with Gasteiger partial charge in [0.15, 0.2) is 5.65 Å². The third kappa shape index (κ3) is 0.994. The maximum atomic E-state index is 11.1. The van der Waals surface area contributed by atoms with E-state index in [1.54, 1.807) is 0 Å². The molecule has 0 amide bonds. The Kier molecular flexibility index (Phi) is 1.42. The quantitative estimate of drug-likeness (QED) is 0.606. The maximum absolute atomic E-state index is 11.1. The molecule has 0 fully saturated rings. The van der Waals surface area contributed by atoms with Crippen molar-refractivity contribution < 1.29 is 9.90 Å². The smallest absolute Gasteiger partial charge is 0.417 e. The third-order valence-corrected chi connectivity index (χ3v) is 1.69. The summed E-state index contributed by atoms with van der Waals surface area (Å²) in [6.45, 7) is 0. The molecule has 0 aliphatic carbocycles. The number of fused-ring (bicyclic) bond motifs is 1. The molecule has 2 heterocycles. The van der Waals surface area contributed by atoms with Crippen LogP contribution < -0.4 is 5.56 Å². The van der Waals surface area contributed by atoms with Crippen molar-refractivity contribution in [1.82, 2.24) is 14.5 Å². The molecular formula is C7H5N3O3. The molecule has 66 valence electrons. The zero-order chi connectivity index (χ0) is 9.42. The van der Waals surface area contributed by atoms with Gasteiger partial charge in [0.2, 0.25) is 0 Å². The number of aromatic amines is 1. The predicted molar refractivity (Wildman–Crippen MR) is 43.8 cm³/mol. The molecule has 2 rings (SSSR count). The summed E-state index contributed by atoms with van der Waals surface area (Å²) in [5, 5.41) is 8.94. The molecule has 2 aromatic rings. The molecule has 0 atom stereocenters. The van der Waals surface area contributed by atoms with Crippen LogP contribution in [0.3, 0.4) is 0 Å². The lowest BCUT2D eigenvalue weighted by atomic mass is 10.4. The van der Waals surface area contributed by atoms with Crippen LogP contribution in [0.4, 0.5) is 4.79 Å². The standard InChI is InChI=1S/C7H5N3O3/c11-6-4-1-2-10(7(12)13)5(4)8-3-9-6/h1-3H,(H,12,13)(H,8,9,11). The summed E-state index contributed by atoms with van der Waals surface area (Å²) in [6, 6.07) is 1.41.